The summed E-state index contributed by atoms with van der Waals surface area (Å²) in [6.45, 7) is 2.48. The third kappa shape index (κ3) is 2.43. The van der Waals surface area contributed by atoms with Crippen LogP contribution in [0.5, 0.6) is 5.75 Å². The summed E-state index contributed by atoms with van der Waals surface area (Å²) in [5, 5.41) is 3.72. The van der Waals surface area contributed by atoms with Crippen LogP contribution in [0.2, 0.25) is 5.02 Å². The topological polar surface area (TPSA) is 41.6 Å². The van der Waals surface area contributed by atoms with Gasteiger partial charge in [-0.25, -0.2) is 4.79 Å². The molecular formula is C18H17ClN2O2. The number of ether oxygens (including phenoxy) is 1. The highest BCUT2D eigenvalue weighted by atomic mass is 35.5. The SMILES string of the molecule is C[C@@]12C[C@H](NC(=O)N1Cc1ccccc1)c1cc(Cl)ccc1O2. The van der Waals surface area contributed by atoms with Crippen LogP contribution in [0, 0.1) is 0 Å². The Morgan fingerprint density at radius 2 is 2.09 bits per heavy atom. The molecule has 0 unspecified atom stereocenters. The Kier molecular flexibility index (Phi) is 3.23. The Bertz CT molecular complexity index is 765. The standard InChI is InChI=1S/C18H17ClN2O2/c1-18-10-15(14-9-13(19)7-8-16(14)23-18)20-17(22)21(18)11-12-5-3-2-4-6-12/h2-9,15H,10-11H2,1H3,(H,20,22)/t15-,18+/m0/s1. The summed E-state index contributed by atoms with van der Waals surface area (Å²) in [4.78, 5) is 14.4. The predicted molar refractivity (Wildman–Crippen MR) is 88.4 cm³/mol. The fourth-order valence-corrected chi connectivity index (χ4v) is 3.57. The number of fused-ring (bicyclic) bond motifs is 4. The highest BCUT2D eigenvalue weighted by Gasteiger charge is 2.48. The van der Waals surface area contributed by atoms with E-state index in [0.717, 1.165) is 16.9 Å². The number of amides is 2. The van der Waals surface area contributed by atoms with E-state index < -0.39 is 5.72 Å². The van der Waals surface area contributed by atoms with Crippen molar-refractivity contribution in [1.29, 1.82) is 0 Å². The normalized spacial score (nSPS) is 25.4. The number of benzene rings is 2. The van der Waals surface area contributed by atoms with Crippen molar-refractivity contribution in [2.45, 2.75) is 31.7 Å². The van der Waals surface area contributed by atoms with Crippen LogP contribution >= 0.6 is 11.6 Å². The molecular weight excluding hydrogens is 312 g/mol. The van der Waals surface area contributed by atoms with Gasteiger partial charge in [0.1, 0.15) is 5.75 Å². The summed E-state index contributed by atoms with van der Waals surface area (Å²) in [7, 11) is 0. The van der Waals surface area contributed by atoms with Gasteiger partial charge in [-0.05, 0) is 30.7 Å². The van der Waals surface area contributed by atoms with E-state index >= 15 is 0 Å². The second kappa shape index (κ2) is 5.17. The maximum absolute atomic E-state index is 12.6. The monoisotopic (exact) mass is 328 g/mol. The predicted octanol–water partition coefficient (Wildman–Crippen LogP) is 4.11. The number of hydrogen-bond acceptors (Lipinski definition) is 2. The maximum Gasteiger partial charge on any atom is 0.321 e. The zero-order valence-corrected chi connectivity index (χ0v) is 13.5. The fourth-order valence-electron chi connectivity index (χ4n) is 3.39. The Labute approximate surface area is 140 Å². The Balaban J connectivity index is 1.69. The summed E-state index contributed by atoms with van der Waals surface area (Å²) < 4.78 is 6.21. The van der Waals surface area contributed by atoms with E-state index in [1.807, 2.05) is 55.5 Å². The van der Waals surface area contributed by atoms with Crippen LogP contribution in [0.3, 0.4) is 0 Å². The number of urea groups is 1. The molecule has 1 fully saturated rings. The number of nitrogens with one attached hydrogen (secondary N) is 1. The Morgan fingerprint density at radius 1 is 1.30 bits per heavy atom. The average Bonchev–Trinajstić information content (AvgIpc) is 2.53. The second-order valence-corrected chi connectivity index (χ2v) is 6.67. The smallest absolute Gasteiger partial charge is 0.321 e. The molecule has 0 aromatic heterocycles. The molecule has 0 saturated carbocycles. The summed E-state index contributed by atoms with van der Waals surface area (Å²) in [5.74, 6) is 0.784. The lowest BCUT2D eigenvalue weighted by molar-refractivity contribution is -0.0879. The molecule has 4 nitrogen and oxygen atoms in total. The first-order chi connectivity index (χ1) is 11.0. The van der Waals surface area contributed by atoms with Gasteiger partial charge in [-0.15, -0.1) is 0 Å². The number of rotatable bonds is 2. The highest BCUT2D eigenvalue weighted by Crippen LogP contribution is 2.45. The minimum absolute atomic E-state index is 0.0676. The second-order valence-electron chi connectivity index (χ2n) is 6.24. The van der Waals surface area contributed by atoms with E-state index in [1.54, 1.807) is 4.90 Å². The van der Waals surface area contributed by atoms with Crippen LogP contribution in [-0.4, -0.2) is 16.7 Å². The van der Waals surface area contributed by atoms with Crippen molar-refractivity contribution in [3.8, 4) is 5.75 Å². The fraction of sp³-hybridized carbons (Fsp3) is 0.278. The molecule has 118 valence electrons. The van der Waals surface area contributed by atoms with Crippen LogP contribution in [0.4, 0.5) is 4.79 Å². The van der Waals surface area contributed by atoms with Crippen molar-refractivity contribution in [3.05, 3.63) is 64.7 Å². The van der Waals surface area contributed by atoms with E-state index in [4.69, 9.17) is 16.3 Å². The van der Waals surface area contributed by atoms with Gasteiger partial charge in [0.15, 0.2) is 5.72 Å². The van der Waals surface area contributed by atoms with Crippen molar-refractivity contribution in [2.24, 2.45) is 0 Å². The lowest BCUT2D eigenvalue weighted by Gasteiger charge is -2.50. The Morgan fingerprint density at radius 3 is 2.87 bits per heavy atom. The van der Waals surface area contributed by atoms with E-state index in [9.17, 15) is 4.79 Å². The van der Waals surface area contributed by atoms with E-state index in [1.165, 1.54) is 0 Å². The van der Waals surface area contributed by atoms with Gasteiger partial charge in [-0.3, -0.25) is 4.90 Å². The summed E-state index contributed by atoms with van der Waals surface area (Å²) in [6.07, 6.45) is 0.693. The maximum atomic E-state index is 12.6. The molecule has 0 aliphatic carbocycles. The molecule has 5 heteroatoms. The van der Waals surface area contributed by atoms with Gasteiger partial charge < -0.3 is 10.1 Å². The molecule has 0 spiro atoms. The van der Waals surface area contributed by atoms with Crippen molar-refractivity contribution < 1.29 is 9.53 Å². The molecule has 4 rings (SSSR count). The minimum Gasteiger partial charge on any atom is -0.468 e. The summed E-state index contributed by atoms with van der Waals surface area (Å²) >= 11 is 6.08. The number of nitrogens with zero attached hydrogens (tertiary/aromatic N) is 1. The first-order valence-corrected chi connectivity index (χ1v) is 8.03. The third-order valence-electron chi connectivity index (χ3n) is 4.56. The molecule has 23 heavy (non-hydrogen) atoms. The Hall–Kier alpha value is -2.20. The number of carbonyl (C=O) groups excluding carboxylic acids is 1. The molecule has 2 amide bonds. The molecule has 1 N–H and O–H groups in total. The highest BCUT2D eigenvalue weighted by molar-refractivity contribution is 6.30. The minimum atomic E-state index is -0.663. The molecule has 2 bridgehead atoms. The lowest BCUT2D eigenvalue weighted by Crippen LogP contribution is -2.64. The van der Waals surface area contributed by atoms with Gasteiger partial charge in [0, 0.05) is 17.0 Å². The summed E-state index contributed by atoms with van der Waals surface area (Å²) in [6, 6.07) is 15.3. The molecule has 2 heterocycles. The first kappa shape index (κ1) is 14.4. The number of hydrogen-bond donors (Lipinski definition) is 1. The van der Waals surface area contributed by atoms with Gasteiger partial charge in [-0.1, -0.05) is 41.9 Å². The van der Waals surface area contributed by atoms with Crippen LogP contribution < -0.4 is 10.1 Å². The largest absolute Gasteiger partial charge is 0.468 e. The van der Waals surface area contributed by atoms with Gasteiger partial charge in [0.25, 0.3) is 0 Å². The molecule has 0 radical (unpaired) electrons. The number of halogens is 1. The van der Waals surface area contributed by atoms with Gasteiger partial charge in [0.05, 0.1) is 12.6 Å². The van der Waals surface area contributed by atoms with Crippen molar-refractivity contribution >= 4 is 17.6 Å². The number of carbonyl (C=O) groups is 1. The third-order valence-corrected chi connectivity index (χ3v) is 4.79. The van der Waals surface area contributed by atoms with Gasteiger partial charge >= 0.3 is 6.03 Å². The molecule has 2 atom stereocenters. The van der Waals surface area contributed by atoms with Crippen LogP contribution in [0.1, 0.15) is 30.5 Å². The molecule has 2 aromatic rings. The van der Waals surface area contributed by atoms with Crippen LogP contribution in [-0.2, 0) is 6.54 Å². The van der Waals surface area contributed by atoms with Crippen molar-refractivity contribution in [1.82, 2.24) is 10.2 Å². The van der Waals surface area contributed by atoms with Gasteiger partial charge in [0.2, 0.25) is 0 Å². The van der Waals surface area contributed by atoms with E-state index in [2.05, 4.69) is 5.32 Å². The zero-order chi connectivity index (χ0) is 16.0. The van der Waals surface area contributed by atoms with Crippen LogP contribution in [0.15, 0.2) is 48.5 Å². The molecule has 2 aromatic carbocycles. The molecule has 2 aliphatic heterocycles. The van der Waals surface area contributed by atoms with Crippen molar-refractivity contribution in [2.75, 3.05) is 0 Å². The summed E-state index contributed by atoms with van der Waals surface area (Å²) in [5.41, 5.74) is 1.36. The van der Waals surface area contributed by atoms with E-state index in [-0.39, 0.29) is 12.1 Å². The van der Waals surface area contributed by atoms with E-state index in [0.29, 0.717) is 18.0 Å². The van der Waals surface area contributed by atoms with Gasteiger partial charge in [-0.2, -0.15) is 0 Å². The average molecular weight is 329 g/mol. The zero-order valence-electron chi connectivity index (χ0n) is 12.8. The molecule has 1 saturated heterocycles. The quantitative estimate of drug-likeness (QED) is 0.901. The van der Waals surface area contributed by atoms with Crippen LogP contribution in [0.25, 0.3) is 0 Å². The molecule has 2 aliphatic rings. The van der Waals surface area contributed by atoms with Crippen molar-refractivity contribution in [3.63, 3.8) is 0 Å². The lowest BCUT2D eigenvalue weighted by atomic mass is 9.90. The first-order valence-electron chi connectivity index (χ1n) is 7.66.